The Morgan fingerprint density at radius 1 is 1.10 bits per heavy atom. The number of aromatic nitrogens is 4. The van der Waals surface area contributed by atoms with Crippen LogP contribution in [0.2, 0.25) is 0 Å². The van der Waals surface area contributed by atoms with Crippen LogP contribution in [0.1, 0.15) is 16.8 Å². The summed E-state index contributed by atoms with van der Waals surface area (Å²) in [7, 11) is 0.209. The van der Waals surface area contributed by atoms with Gasteiger partial charge in [0.05, 0.1) is 12.1 Å². The van der Waals surface area contributed by atoms with Gasteiger partial charge in [-0.2, -0.15) is 4.98 Å². The van der Waals surface area contributed by atoms with Crippen molar-refractivity contribution in [2.45, 2.75) is 20.1 Å². The highest BCUT2D eigenvalue weighted by Crippen LogP contribution is 2.32. The molecular weight excluding hydrogens is 381 g/mol. The van der Waals surface area contributed by atoms with Gasteiger partial charge in [-0.05, 0) is 17.9 Å². The summed E-state index contributed by atoms with van der Waals surface area (Å²) in [5.74, 6) is 1.05. The average Bonchev–Trinajstić information content (AvgIpc) is 3.10. The molecule has 0 saturated heterocycles. The molecule has 152 valence electrons. The van der Waals surface area contributed by atoms with Gasteiger partial charge >= 0.3 is 7.12 Å². The van der Waals surface area contributed by atoms with Gasteiger partial charge < -0.3 is 25.1 Å². The van der Waals surface area contributed by atoms with Gasteiger partial charge in [-0.25, -0.2) is 9.97 Å². The van der Waals surface area contributed by atoms with Crippen LogP contribution in [-0.2, 0) is 17.9 Å². The molecule has 0 aliphatic carbocycles. The Morgan fingerprint density at radius 2 is 1.90 bits per heavy atom. The molecule has 4 N–H and O–H groups in total. The summed E-state index contributed by atoms with van der Waals surface area (Å²) < 4.78 is 5.31. The smallest absolute Gasteiger partial charge is 0.423 e. The number of aryl methyl sites for hydroxylation is 1. The molecule has 30 heavy (non-hydrogen) atoms. The minimum Gasteiger partial charge on any atom is -0.423 e. The van der Waals surface area contributed by atoms with E-state index in [-0.39, 0.29) is 0 Å². The molecule has 0 atom stereocenters. The Morgan fingerprint density at radius 3 is 2.63 bits per heavy atom. The van der Waals surface area contributed by atoms with E-state index < -0.39 is 7.12 Å². The molecule has 0 unspecified atom stereocenters. The first-order chi connectivity index (χ1) is 14.6. The molecule has 4 rings (SSSR count). The van der Waals surface area contributed by atoms with Crippen LogP contribution in [0.15, 0.2) is 48.8 Å². The topological polar surface area (TPSA) is 116 Å². The lowest BCUT2D eigenvalue weighted by Crippen LogP contribution is -2.29. The molecule has 0 radical (unpaired) electrons. The third kappa shape index (κ3) is 4.04. The van der Waals surface area contributed by atoms with Gasteiger partial charge in [-0.3, -0.25) is 0 Å². The second-order valence-electron chi connectivity index (χ2n) is 7.00. The lowest BCUT2D eigenvalue weighted by molar-refractivity contribution is 0.186. The molecule has 2 aromatic heterocycles. The summed E-state index contributed by atoms with van der Waals surface area (Å²) >= 11 is 0. The van der Waals surface area contributed by atoms with Gasteiger partial charge in [0, 0.05) is 35.9 Å². The summed E-state index contributed by atoms with van der Waals surface area (Å²) in [4.78, 5) is 16.6. The maximum Gasteiger partial charge on any atom is 0.488 e. The standard InChI is InChI=1S/C21H22BN5O3/c1-13-18(17-5-3-4-15(11-30-2)19(17)26-13)20-24-12-25-21(27-20)23-10-14-6-8-16(9-7-14)22(28)29/h3-9,12,26,28-29H,10-11H2,1-2H3,(H,23,24,25,27). The van der Waals surface area contributed by atoms with E-state index in [4.69, 9.17) is 4.74 Å². The summed E-state index contributed by atoms with van der Waals surface area (Å²) in [6.07, 6.45) is 1.49. The lowest BCUT2D eigenvalue weighted by Gasteiger charge is -2.07. The first kappa shape index (κ1) is 20.0. The lowest BCUT2D eigenvalue weighted by atomic mass is 9.80. The minimum absolute atomic E-state index is 0.448. The Balaban J connectivity index is 1.59. The number of nitrogens with zero attached hydrogens (tertiary/aromatic N) is 3. The maximum atomic E-state index is 9.19. The molecule has 0 spiro atoms. The van der Waals surface area contributed by atoms with Crippen LogP contribution in [0.4, 0.5) is 5.95 Å². The number of fused-ring (bicyclic) bond motifs is 1. The second kappa shape index (κ2) is 8.62. The van der Waals surface area contributed by atoms with Crippen molar-refractivity contribution in [3.63, 3.8) is 0 Å². The summed E-state index contributed by atoms with van der Waals surface area (Å²) in [6, 6.07) is 13.1. The van der Waals surface area contributed by atoms with Gasteiger partial charge in [0.1, 0.15) is 6.33 Å². The summed E-state index contributed by atoms with van der Waals surface area (Å²) in [5, 5.41) is 22.6. The molecule has 0 aliphatic rings. The molecular formula is C21H22BN5O3. The van der Waals surface area contributed by atoms with Crippen LogP contribution in [0.25, 0.3) is 22.3 Å². The van der Waals surface area contributed by atoms with Crippen LogP contribution in [0.3, 0.4) is 0 Å². The third-order valence-electron chi connectivity index (χ3n) is 4.93. The molecule has 0 bridgehead atoms. The first-order valence-electron chi connectivity index (χ1n) is 9.54. The predicted octanol–water partition coefficient (Wildman–Crippen LogP) is 1.77. The average molecular weight is 403 g/mol. The van der Waals surface area contributed by atoms with E-state index >= 15 is 0 Å². The minimum atomic E-state index is -1.47. The van der Waals surface area contributed by atoms with Crippen molar-refractivity contribution in [1.29, 1.82) is 0 Å². The summed E-state index contributed by atoms with van der Waals surface area (Å²) in [6.45, 7) is 3.02. The third-order valence-corrected chi connectivity index (χ3v) is 4.93. The Labute approximate surface area is 174 Å². The number of ether oxygens (including phenoxy) is 1. The zero-order valence-electron chi connectivity index (χ0n) is 16.8. The second-order valence-corrected chi connectivity index (χ2v) is 7.00. The number of nitrogens with one attached hydrogen (secondary N) is 2. The molecule has 0 aliphatic heterocycles. The van der Waals surface area contributed by atoms with Crippen LogP contribution in [0, 0.1) is 6.92 Å². The van der Waals surface area contributed by atoms with Crippen LogP contribution < -0.4 is 10.8 Å². The van der Waals surface area contributed by atoms with Crippen LogP contribution >= 0.6 is 0 Å². The van der Waals surface area contributed by atoms with Crippen LogP contribution in [0.5, 0.6) is 0 Å². The zero-order valence-corrected chi connectivity index (χ0v) is 16.8. The number of aromatic amines is 1. The number of methoxy groups -OCH3 is 1. The van der Waals surface area contributed by atoms with Gasteiger partial charge in [0.15, 0.2) is 5.82 Å². The van der Waals surface area contributed by atoms with Crippen molar-refractivity contribution in [3.8, 4) is 11.4 Å². The predicted molar refractivity (Wildman–Crippen MR) is 116 cm³/mol. The van der Waals surface area contributed by atoms with Crippen molar-refractivity contribution in [2.75, 3.05) is 12.4 Å². The van der Waals surface area contributed by atoms with E-state index in [1.165, 1.54) is 6.33 Å². The van der Waals surface area contributed by atoms with E-state index in [9.17, 15) is 10.0 Å². The number of hydrogen-bond donors (Lipinski definition) is 4. The monoisotopic (exact) mass is 403 g/mol. The molecule has 2 heterocycles. The van der Waals surface area contributed by atoms with E-state index in [1.54, 1.807) is 19.2 Å². The normalized spacial score (nSPS) is 11.1. The highest BCUT2D eigenvalue weighted by Gasteiger charge is 2.16. The van der Waals surface area contributed by atoms with Gasteiger partial charge in [-0.1, -0.05) is 42.5 Å². The van der Waals surface area contributed by atoms with Crippen molar-refractivity contribution in [1.82, 2.24) is 19.9 Å². The SMILES string of the molecule is COCc1cccc2c(-c3ncnc(NCc4ccc(B(O)O)cc4)n3)c(C)[nH]c12. The molecule has 0 amide bonds. The van der Waals surface area contributed by atoms with E-state index in [1.807, 2.05) is 37.3 Å². The van der Waals surface area contributed by atoms with E-state index in [0.29, 0.717) is 30.4 Å². The van der Waals surface area contributed by atoms with E-state index in [0.717, 1.165) is 33.3 Å². The molecule has 0 saturated carbocycles. The fourth-order valence-corrected chi connectivity index (χ4v) is 3.46. The molecule has 4 aromatic rings. The molecule has 2 aromatic carbocycles. The first-order valence-corrected chi connectivity index (χ1v) is 9.54. The fourth-order valence-electron chi connectivity index (χ4n) is 3.46. The number of hydrogen-bond acceptors (Lipinski definition) is 7. The number of rotatable bonds is 7. The van der Waals surface area contributed by atoms with Gasteiger partial charge in [-0.15, -0.1) is 0 Å². The van der Waals surface area contributed by atoms with Crippen molar-refractivity contribution in [2.24, 2.45) is 0 Å². The zero-order chi connectivity index (χ0) is 21.1. The highest BCUT2D eigenvalue weighted by molar-refractivity contribution is 6.58. The van der Waals surface area contributed by atoms with Gasteiger partial charge in [0.2, 0.25) is 5.95 Å². The van der Waals surface area contributed by atoms with Gasteiger partial charge in [0.25, 0.3) is 0 Å². The maximum absolute atomic E-state index is 9.19. The Kier molecular flexibility index (Phi) is 5.76. The number of anilines is 1. The van der Waals surface area contributed by atoms with Crippen molar-refractivity contribution < 1.29 is 14.8 Å². The number of benzene rings is 2. The van der Waals surface area contributed by atoms with E-state index in [2.05, 4.69) is 25.3 Å². The molecule has 8 nitrogen and oxygen atoms in total. The Bertz CT molecular complexity index is 1160. The Hall–Kier alpha value is -3.27. The van der Waals surface area contributed by atoms with Crippen molar-refractivity contribution in [3.05, 3.63) is 65.6 Å². The molecule has 0 fully saturated rings. The quantitative estimate of drug-likeness (QED) is 0.348. The number of H-pyrrole nitrogens is 1. The highest BCUT2D eigenvalue weighted by atomic mass is 16.5. The summed E-state index contributed by atoms with van der Waals surface area (Å²) in [5.41, 5.74) is 5.43. The van der Waals surface area contributed by atoms with Crippen molar-refractivity contribution >= 4 is 29.4 Å². The van der Waals surface area contributed by atoms with Crippen LogP contribution in [-0.4, -0.2) is 44.2 Å². The molecule has 9 heteroatoms. The largest absolute Gasteiger partial charge is 0.488 e. The fraction of sp³-hybridized carbons (Fsp3) is 0.190. The number of para-hydroxylation sites is 1.